The topological polar surface area (TPSA) is 136 Å². The number of carboxylic acids is 2. The summed E-state index contributed by atoms with van der Waals surface area (Å²) in [4.78, 5) is 43.9. The van der Waals surface area contributed by atoms with Crippen LogP contribution in [0, 0.1) is 0 Å². The van der Waals surface area contributed by atoms with Crippen LogP contribution < -0.4 is 0 Å². The first-order valence-corrected chi connectivity index (χ1v) is 8.45. The molecule has 0 radical (unpaired) electrons. The Bertz CT molecular complexity index is 503. The summed E-state index contributed by atoms with van der Waals surface area (Å²) < 4.78 is 15.0. The van der Waals surface area contributed by atoms with Crippen LogP contribution in [-0.2, 0) is 33.4 Å². The SMILES string of the molecule is C=C(CCCC(=O)O)C(=O)OCCOCCOC(=O)C(=C)CCCC(=O)O. The number of carboxylic acid groups (broad SMARTS) is 2. The fourth-order valence-electron chi connectivity index (χ4n) is 1.80. The van der Waals surface area contributed by atoms with Gasteiger partial charge < -0.3 is 24.4 Å². The normalized spacial score (nSPS) is 10.1. The lowest BCUT2D eigenvalue weighted by Gasteiger charge is -2.09. The highest BCUT2D eigenvalue weighted by Crippen LogP contribution is 2.08. The Morgan fingerprint density at radius 1 is 0.630 bits per heavy atom. The van der Waals surface area contributed by atoms with Gasteiger partial charge in [0.2, 0.25) is 0 Å². The maximum absolute atomic E-state index is 11.6. The Morgan fingerprint density at radius 3 is 1.33 bits per heavy atom. The van der Waals surface area contributed by atoms with Gasteiger partial charge in [0.1, 0.15) is 13.2 Å². The molecule has 9 heteroatoms. The standard InChI is InChI=1S/C18H26O9/c1-13(5-3-7-15(19)20)17(23)26-11-9-25-10-12-27-18(24)14(2)6-4-8-16(21)22/h1-12H2,(H,19,20)(H,21,22). The molecule has 0 aromatic heterocycles. The van der Waals surface area contributed by atoms with Gasteiger partial charge in [-0.05, 0) is 25.7 Å². The van der Waals surface area contributed by atoms with Gasteiger partial charge in [-0.25, -0.2) is 9.59 Å². The van der Waals surface area contributed by atoms with Gasteiger partial charge in [-0.15, -0.1) is 0 Å². The van der Waals surface area contributed by atoms with Crippen LogP contribution in [0.1, 0.15) is 38.5 Å². The Kier molecular flexibility index (Phi) is 13.0. The van der Waals surface area contributed by atoms with Gasteiger partial charge in [0, 0.05) is 24.0 Å². The van der Waals surface area contributed by atoms with E-state index in [2.05, 4.69) is 13.2 Å². The quantitative estimate of drug-likeness (QED) is 0.231. The van der Waals surface area contributed by atoms with E-state index in [9.17, 15) is 19.2 Å². The highest BCUT2D eigenvalue weighted by atomic mass is 16.6. The predicted octanol–water partition coefficient (Wildman–Crippen LogP) is 1.71. The van der Waals surface area contributed by atoms with Crippen molar-refractivity contribution < 1.29 is 43.6 Å². The van der Waals surface area contributed by atoms with E-state index in [1.165, 1.54) is 0 Å². The maximum atomic E-state index is 11.6. The van der Waals surface area contributed by atoms with E-state index < -0.39 is 23.9 Å². The minimum absolute atomic E-state index is 0.00731. The third-order valence-electron chi connectivity index (χ3n) is 3.24. The van der Waals surface area contributed by atoms with Crippen LogP contribution in [0.5, 0.6) is 0 Å². The van der Waals surface area contributed by atoms with E-state index in [1.54, 1.807) is 0 Å². The summed E-state index contributed by atoms with van der Waals surface area (Å²) in [6.45, 7) is 7.27. The van der Waals surface area contributed by atoms with Gasteiger partial charge >= 0.3 is 23.9 Å². The van der Waals surface area contributed by atoms with Gasteiger partial charge in [-0.1, -0.05) is 13.2 Å². The van der Waals surface area contributed by atoms with Gasteiger partial charge in [0.05, 0.1) is 13.2 Å². The molecule has 0 aliphatic rings. The third-order valence-corrected chi connectivity index (χ3v) is 3.24. The molecule has 27 heavy (non-hydrogen) atoms. The van der Waals surface area contributed by atoms with Crippen molar-refractivity contribution in [2.45, 2.75) is 38.5 Å². The molecule has 9 nitrogen and oxygen atoms in total. The Hall–Kier alpha value is -2.68. The molecule has 0 rings (SSSR count). The number of esters is 2. The molecule has 0 saturated heterocycles. The lowest BCUT2D eigenvalue weighted by atomic mass is 10.1. The number of carbonyl (C=O) groups is 4. The maximum Gasteiger partial charge on any atom is 0.333 e. The molecule has 0 fully saturated rings. The molecular weight excluding hydrogens is 360 g/mol. The highest BCUT2D eigenvalue weighted by Gasteiger charge is 2.10. The monoisotopic (exact) mass is 386 g/mol. The highest BCUT2D eigenvalue weighted by molar-refractivity contribution is 5.88. The molecule has 0 spiro atoms. The van der Waals surface area contributed by atoms with Crippen LogP contribution in [0.2, 0.25) is 0 Å². The summed E-state index contributed by atoms with van der Waals surface area (Å²) in [5.74, 6) is -3.08. The van der Waals surface area contributed by atoms with Crippen LogP contribution in [0.15, 0.2) is 24.3 Å². The lowest BCUT2D eigenvalue weighted by Crippen LogP contribution is -2.16. The molecule has 0 aromatic carbocycles. The summed E-state index contributed by atoms with van der Waals surface area (Å²) in [5, 5.41) is 17.0. The van der Waals surface area contributed by atoms with Crippen molar-refractivity contribution in [1.82, 2.24) is 0 Å². The second kappa shape index (κ2) is 14.5. The zero-order valence-corrected chi connectivity index (χ0v) is 15.2. The number of aliphatic carboxylic acids is 2. The van der Waals surface area contributed by atoms with Crippen molar-refractivity contribution in [3.05, 3.63) is 24.3 Å². The average Bonchev–Trinajstić information content (AvgIpc) is 2.59. The van der Waals surface area contributed by atoms with Crippen LogP contribution >= 0.6 is 0 Å². The summed E-state index contributed by atoms with van der Waals surface area (Å²) in [6.07, 6.45) is 1.04. The van der Waals surface area contributed by atoms with E-state index in [-0.39, 0.29) is 63.3 Å². The molecular formula is C18H26O9. The summed E-state index contributed by atoms with van der Waals surface area (Å²) in [6, 6.07) is 0. The lowest BCUT2D eigenvalue weighted by molar-refractivity contribution is -0.143. The van der Waals surface area contributed by atoms with Gasteiger partial charge in [0.15, 0.2) is 0 Å². The van der Waals surface area contributed by atoms with Crippen molar-refractivity contribution >= 4 is 23.9 Å². The van der Waals surface area contributed by atoms with Crippen molar-refractivity contribution in [2.75, 3.05) is 26.4 Å². The van der Waals surface area contributed by atoms with Crippen molar-refractivity contribution in [1.29, 1.82) is 0 Å². The molecule has 0 aromatic rings. The molecule has 0 amide bonds. The van der Waals surface area contributed by atoms with Crippen LogP contribution in [0.25, 0.3) is 0 Å². The number of hydrogen-bond acceptors (Lipinski definition) is 7. The van der Waals surface area contributed by atoms with E-state index in [0.29, 0.717) is 12.8 Å². The predicted molar refractivity (Wildman–Crippen MR) is 94.0 cm³/mol. The first-order valence-electron chi connectivity index (χ1n) is 8.45. The van der Waals surface area contributed by atoms with Crippen molar-refractivity contribution in [2.24, 2.45) is 0 Å². The van der Waals surface area contributed by atoms with Crippen LogP contribution in [-0.4, -0.2) is 60.5 Å². The minimum Gasteiger partial charge on any atom is -0.481 e. The van der Waals surface area contributed by atoms with Crippen LogP contribution in [0.3, 0.4) is 0 Å². The largest absolute Gasteiger partial charge is 0.481 e. The molecule has 0 saturated carbocycles. The van der Waals surface area contributed by atoms with Gasteiger partial charge in [-0.2, -0.15) is 0 Å². The molecule has 0 aliphatic heterocycles. The zero-order valence-electron chi connectivity index (χ0n) is 15.2. The van der Waals surface area contributed by atoms with E-state index >= 15 is 0 Å². The summed E-state index contributed by atoms with van der Waals surface area (Å²) >= 11 is 0. The fourth-order valence-corrected chi connectivity index (χ4v) is 1.80. The minimum atomic E-state index is -0.936. The molecule has 2 N–H and O–H groups in total. The van der Waals surface area contributed by atoms with E-state index in [0.717, 1.165) is 0 Å². The summed E-state index contributed by atoms with van der Waals surface area (Å²) in [5.41, 5.74) is 0.401. The third kappa shape index (κ3) is 14.2. The Labute approximate surface area is 157 Å². The van der Waals surface area contributed by atoms with Crippen LogP contribution in [0.4, 0.5) is 0 Å². The molecule has 152 valence electrons. The first-order chi connectivity index (χ1) is 12.7. The second-order valence-corrected chi connectivity index (χ2v) is 5.59. The Morgan fingerprint density at radius 2 is 1.00 bits per heavy atom. The van der Waals surface area contributed by atoms with Gasteiger partial charge in [0.25, 0.3) is 0 Å². The number of ether oxygens (including phenoxy) is 3. The number of carbonyl (C=O) groups excluding carboxylic acids is 2. The first kappa shape index (κ1) is 24.3. The summed E-state index contributed by atoms with van der Waals surface area (Å²) in [7, 11) is 0. The Balaban J connectivity index is 3.65. The number of rotatable bonds is 16. The molecule has 0 atom stereocenters. The second-order valence-electron chi connectivity index (χ2n) is 5.59. The molecule has 0 aliphatic carbocycles. The zero-order chi connectivity index (χ0) is 20.7. The smallest absolute Gasteiger partial charge is 0.333 e. The van der Waals surface area contributed by atoms with Crippen molar-refractivity contribution in [3.63, 3.8) is 0 Å². The molecule has 0 unspecified atom stereocenters. The van der Waals surface area contributed by atoms with E-state index in [4.69, 9.17) is 24.4 Å². The van der Waals surface area contributed by atoms with Gasteiger partial charge in [-0.3, -0.25) is 9.59 Å². The number of hydrogen-bond donors (Lipinski definition) is 2. The van der Waals surface area contributed by atoms with Crippen molar-refractivity contribution in [3.8, 4) is 0 Å². The fraction of sp³-hybridized carbons (Fsp3) is 0.556. The molecule has 0 heterocycles. The average molecular weight is 386 g/mol. The molecule has 0 bridgehead atoms. The van der Waals surface area contributed by atoms with E-state index in [1.807, 2.05) is 0 Å².